The fourth-order valence-corrected chi connectivity index (χ4v) is 3.74. The number of imidazole rings is 1. The normalized spacial score (nSPS) is 27.2. The number of nitrogens with zero attached hydrogens (tertiary/aromatic N) is 3. The molecule has 1 N–H and O–H groups in total. The second-order valence-corrected chi connectivity index (χ2v) is 6.29. The van der Waals surface area contributed by atoms with Gasteiger partial charge in [-0.1, -0.05) is 19.8 Å². The highest BCUT2D eigenvalue weighted by atomic mass is 15.3. The number of piperazine rings is 1. The Kier molecular flexibility index (Phi) is 3.63. The van der Waals surface area contributed by atoms with E-state index in [1.165, 1.54) is 44.5 Å². The Balaban J connectivity index is 1.74. The van der Waals surface area contributed by atoms with Gasteiger partial charge in [0.15, 0.2) is 0 Å². The largest absolute Gasteiger partial charge is 0.337 e. The Morgan fingerprint density at radius 2 is 2.21 bits per heavy atom. The standard InChI is InChI=1S/C15H26N4/c1-3-13-10-17-15(6-4-5-7-15)12-19(13)11-14-16-8-9-18(14)2/h8-9,13,17H,3-7,10-12H2,1-2H3. The van der Waals surface area contributed by atoms with E-state index in [1.807, 2.05) is 12.4 Å². The molecule has 4 nitrogen and oxygen atoms in total. The smallest absolute Gasteiger partial charge is 0.122 e. The molecule has 2 fully saturated rings. The van der Waals surface area contributed by atoms with Gasteiger partial charge in [0, 0.05) is 44.1 Å². The van der Waals surface area contributed by atoms with E-state index in [1.54, 1.807) is 0 Å². The van der Waals surface area contributed by atoms with E-state index in [4.69, 9.17) is 0 Å². The van der Waals surface area contributed by atoms with E-state index in [-0.39, 0.29) is 0 Å². The molecular weight excluding hydrogens is 236 g/mol. The lowest BCUT2D eigenvalue weighted by atomic mass is 9.91. The zero-order valence-electron chi connectivity index (χ0n) is 12.2. The van der Waals surface area contributed by atoms with E-state index >= 15 is 0 Å². The number of hydrogen-bond acceptors (Lipinski definition) is 3. The molecule has 0 radical (unpaired) electrons. The van der Waals surface area contributed by atoms with Gasteiger partial charge < -0.3 is 9.88 Å². The maximum Gasteiger partial charge on any atom is 0.122 e. The van der Waals surface area contributed by atoms with E-state index in [0.29, 0.717) is 11.6 Å². The van der Waals surface area contributed by atoms with Crippen molar-refractivity contribution >= 4 is 0 Å². The molecule has 3 rings (SSSR count). The lowest BCUT2D eigenvalue weighted by molar-refractivity contribution is 0.0689. The van der Waals surface area contributed by atoms with Crippen molar-refractivity contribution in [2.75, 3.05) is 13.1 Å². The van der Waals surface area contributed by atoms with Crippen LogP contribution in [0, 0.1) is 0 Å². The van der Waals surface area contributed by atoms with Gasteiger partial charge in [0.1, 0.15) is 5.82 Å². The first-order chi connectivity index (χ1) is 9.22. The molecule has 0 amide bonds. The summed E-state index contributed by atoms with van der Waals surface area (Å²) < 4.78 is 2.15. The minimum atomic E-state index is 0.400. The first kappa shape index (κ1) is 13.1. The Bertz CT molecular complexity index is 420. The molecule has 1 aromatic heterocycles. The van der Waals surface area contributed by atoms with Crippen LogP contribution in [0.4, 0.5) is 0 Å². The molecule has 106 valence electrons. The molecular formula is C15H26N4. The van der Waals surface area contributed by atoms with Gasteiger partial charge in [0.05, 0.1) is 6.54 Å². The Morgan fingerprint density at radius 3 is 2.84 bits per heavy atom. The van der Waals surface area contributed by atoms with Gasteiger partial charge in [-0.15, -0.1) is 0 Å². The molecule has 19 heavy (non-hydrogen) atoms. The molecule has 1 spiro atoms. The van der Waals surface area contributed by atoms with Crippen LogP contribution in [0.3, 0.4) is 0 Å². The second kappa shape index (κ2) is 5.25. The van der Waals surface area contributed by atoms with Crippen LogP contribution < -0.4 is 5.32 Å². The summed E-state index contributed by atoms with van der Waals surface area (Å²) in [4.78, 5) is 7.15. The molecule has 0 aromatic carbocycles. The monoisotopic (exact) mass is 262 g/mol. The number of nitrogens with one attached hydrogen (secondary N) is 1. The van der Waals surface area contributed by atoms with Crippen LogP contribution in [0.25, 0.3) is 0 Å². The van der Waals surface area contributed by atoms with Crippen molar-refractivity contribution in [3.05, 3.63) is 18.2 Å². The zero-order valence-corrected chi connectivity index (χ0v) is 12.2. The number of hydrogen-bond donors (Lipinski definition) is 1. The van der Waals surface area contributed by atoms with E-state index in [0.717, 1.165) is 13.1 Å². The minimum Gasteiger partial charge on any atom is -0.337 e. The summed E-state index contributed by atoms with van der Waals surface area (Å²) in [6.45, 7) is 5.62. The molecule has 1 aliphatic carbocycles. The highest BCUT2D eigenvalue weighted by Crippen LogP contribution is 2.34. The zero-order chi connectivity index (χ0) is 13.3. The summed E-state index contributed by atoms with van der Waals surface area (Å²) in [6.07, 6.45) is 10.6. The molecule has 1 aliphatic heterocycles. The topological polar surface area (TPSA) is 33.1 Å². The fourth-order valence-electron chi connectivity index (χ4n) is 3.74. The van der Waals surface area contributed by atoms with Gasteiger partial charge in [-0.05, 0) is 19.3 Å². The van der Waals surface area contributed by atoms with Crippen molar-refractivity contribution in [1.82, 2.24) is 19.8 Å². The van der Waals surface area contributed by atoms with Crippen molar-refractivity contribution in [3.8, 4) is 0 Å². The lowest BCUT2D eigenvalue weighted by Crippen LogP contribution is -2.62. The van der Waals surface area contributed by atoms with Crippen molar-refractivity contribution < 1.29 is 0 Å². The van der Waals surface area contributed by atoms with Crippen molar-refractivity contribution in [2.45, 2.75) is 57.2 Å². The Hall–Kier alpha value is -0.870. The molecule has 2 heterocycles. The van der Waals surface area contributed by atoms with Gasteiger partial charge in [-0.2, -0.15) is 0 Å². The SMILES string of the molecule is CCC1CNC2(CCCC2)CN1Cc1nccn1C. The average Bonchev–Trinajstić information content (AvgIpc) is 3.01. The molecule has 1 aromatic rings. The number of rotatable bonds is 3. The van der Waals surface area contributed by atoms with Gasteiger partial charge in [0.25, 0.3) is 0 Å². The maximum absolute atomic E-state index is 4.49. The highest BCUT2D eigenvalue weighted by Gasteiger charge is 2.40. The van der Waals surface area contributed by atoms with Crippen LogP contribution in [0.1, 0.15) is 44.9 Å². The first-order valence-corrected chi connectivity index (χ1v) is 7.68. The van der Waals surface area contributed by atoms with Crippen LogP contribution in [-0.4, -0.2) is 39.1 Å². The molecule has 1 atom stereocenters. The van der Waals surface area contributed by atoms with Crippen molar-refractivity contribution in [1.29, 1.82) is 0 Å². The summed E-state index contributed by atoms with van der Waals surface area (Å²) in [5, 5.41) is 3.85. The summed E-state index contributed by atoms with van der Waals surface area (Å²) >= 11 is 0. The quantitative estimate of drug-likeness (QED) is 0.903. The van der Waals surface area contributed by atoms with Crippen LogP contribution in [-0.2, 0) is 13.6 Å². The van der Waals surface area contributed by atoms with Gasteiger partial charge in [-0.3, -0.25) is 4.90 Å². The third-order valence-corrected chi connectivity index (χ3v) is 5.03. The summed E-state index contributed by atoms with van der Waals surface area (Å²) in [6, 6.07) is 0.655. The number of aromatic nitrogens is 2. The molecule has 1 saturated carbocycles. The van der Waals surface area contributed by atoms with Crippen LogP contribution >= 0.6 is 0 Å². The number of aryl methyl sites for hydroxylation is 1. The molecule has 1 saturated heterocycles. The molecule has 2 aliphatic rings. The Morgan fingerprint density at radius 1 is 1.42 bits per heavy atom. The van der Waals surface area contributed by atoms with Crippen molar-refractivity contribution in [2.24, 2.45) is 7.05 Å². The van der Waals surface area contributed by atoms with Gasteiger partial charge in [0.2, 0.25) is 0 Å². The summed E-state index contributed by atoms with van der Waals surface area (Å²) in [7, 11) is 2.09. The molecule has 4 heteroatoms. The van der Waals surface area contributed by atoms with Crippen LogP contribution in [0.15, 0.2) is 12.4 Å². The summed E-state index contributed by atoms with van der Waals surface area (Å²) in [5.41, 5.74) is 0.400. The summed E-state index contributed by atoms with van der Waals surface area (Å²) in [5.74, 6) is 1.19. The van der Waals surface area contributed by atoms with E-state index in [2.05, 4.69) is 33.7 Å². The first-order valence-electron chi connectivity index (χ1n) is 7.68. The maximum atomic E-state index is 4.49. The van der Waals surface area contributed by atoms with Gasteiger partial charge in [-0.25, -0.2) is 4.98 Å². The Labute approximate surface area is 116 Å². The van der Waals surface area contributed by atoms with Crippen LogP contribution in [0.5, 0.6) is 0 Å². The average molecular weight is 262 g/mol. The van der Waals surface area contributed by atoms with Gasteiger partial charge >= 0.3 is 0 Å². The third-order valence-electron chi connectivity index (χ3n) is 5.03. The van der Waals surface area contributed by atoms with Crippen molar-refractivity contribution in [3.63, 3.8) is 0 Å². The second-order valence-electron chi connectivity index (χ2n) is 6.29. The minimum absolute atomic E-state index is 0.400. The van der Waals surface area contributed by atoms with E-state index in [9.17, 15) is 0 Å². The van der Waals surface area contributed by atoms with E-state index < -0.39 is 0 Å². The predicted molar refractivity (Wildman–Crippen MR) is 76.9 cm³/mol. The highest BCUT2D eigenvalue weighted by molar-refractivity contribution is 5.02. The van der Waals surface area contributed by atoms with Crippen LogP contribution in [0.2, 0.25) is 0 Å². The predicted octanol–water partition coefficient (Wildman–Crippen LogP) is 1.92. The third kappa shape index (κ3) is 2.56. The molecule has 1 unspecified atom stereocenters. The fraction of sp³-hybridized carbons (Fsp3) is 0.800. The lowest BCUT2D eigenvalue weighted by Gasteiger charge is -2.46. The molecule has 0 bridgehead atoms.